The fourth-order valence-corrected chi connectivity index (χ4v) is 2.26. The van der Waals surface area contributed by atoms with Crippen LogP contribution < -0.4 is 0 Å². The number of hydrogen-bond donors (Lipinski definition) is 2. The summed E-state index contributed by atoms with van der Waals surface area (Å²) < 4.78 is 6.73. The van der Waals surface area contributed by atoms with Crippen LogP contribution in [0.5, 0.6) is 0 Å². The first-order valence-electron chi connectivity index (χ1n) is 6.73. The molecule has 0 unspecified atom stereocenters. The van der Waals surface area contributed by atoms with Gasteiger partial charge in [0.05, 0.1) is 16.6 Å². The lowest BCUT2D eigenvalue weighted by Gasteiger charge is -2.19. The molecule has 0 saturated heterocycles. The summed E-state index contributed by atoms with van der Waals surface area (Å²) in [4.78, 5) is 30.0. The van der Waals surface area contributed by atoms with Gasteiger partial charge in [0.25, 0.3) is 0 Å². The van der Waals surface area contributed by atoms with Gasteiger partial charge in [-0.1, -0.05) is 0 Å². The molecule has 2 heterocycles. The number of rotatable bonds is 1. The van der Waals surface area contributed by atoms with Gasteiger partial charge < -0.3 is 14.8 Å². The minimum absolute atomic E-state index is 0.132. The molecule has 1 aromatic carbocycles. The summed E-state index contributed by atoms with van der Waals surface area (Å²) in [6, 6.07) is 5.14. The standard InChI is InChI=1S/C15H15N3O4/c1-15(2,3)22-14(21)18-7-6-8-10(18)5-4-9-11(8)17-12(16-9)13(19)20/h4-7H,1-3H3,(H,16,17)(H,19,20). The van der Waals surface area contributed by atoms with Gasteiger partial charge in [-0.3, -0.25) is 4.57 Å². The van der Waals surface area contributed by atoms with Crippen LogP contribution in [-0.2, 0) is 4.74 Å². The molecule has 114 valence electrons. The average Bonchev–Trinajstić information content (AvgIpc) is 2.99. The van der Waals surface area contributed by atoms with Crippen molar-refractivity contribution in [2.24, 2.45) is 0 Å². The predicted molar refractivity (Wildman–Crippen MR) is 80.2 cm³/mol. The highest BCUT2D eigenvalue weighted by Gasteiger charge is 2.20. The molecular formula is C15H15N3O4. The minimum atomic E-state index is -1.13. The zero-order valence-electron chi connectivity index (χ0n) is 12.4. The Hall–Kier alpha value is -2.83. The first-order chi connectivity index (χ1) is 10.3. The van der Waals surface area contributed by atoms with Gasteiger partial charge in [0.1, 0.15) is 5.60 Å². The van der Waals surface area contributed by atoms with Crippen LogP contribution in [0.4, 0.5) is 4.79 Å². The molecule has 0 bridgehead atoms. The second-order valence-electron chi connectivity index (χ2n) is 5.95. The number of aromatic amines is 1. The molecule has 22 heavy (non-hydrogen) atoms. The van der Waals surface area contributed by atoms with Gasteiger partial charge in [0.15, 0.2) is 0 Å². The average molecular weight is 301 g/mol. The largest absolute Gasteiger partial charge is 0.475 e. The molecule has 0 aliphatic rings. The van der Waals surface area contributed by atoms with Crippen molar-refractivity contribution >= 4 is 34.0 Å². The van der Waals surface area contributed by atoms with Crippen LogP contribution in [0.25, 0.3) is 21.9 Å². The highest BCUT2D eigenvalue weighted by Crippen LogP contribution is 2.25. The fourth-order valence-electron chi connectivity index (χ4n) is 2.26. The van der Waals surface area contributed by atoms with E-state index >= 15 is 0 Å². The Labute approximate surface area is 125 Å². The third-order valence-corrected chi connectivity index (χ3v) is 3.11. The summed E-state index contributed by atoms with van der Waals surface area (Å²) in [6.07, 6.45) is 1.10. The van der Waals surface area contributed by atoms with Crippen LogP contribution in [0.1, 0.15) is 31.4 Å². The van der Waals surface area contributed by atoms with E-state index in [1.807, 2.05) is 0 Å². The maximum absolute atomic E-state index is 12.2. The Bertz CT molecular complexity index is 899. The van der Waals surface area contributed by atoms with Crippen molar-refractivity contribution in [3.63, 3.8) is 0 Å². The second kappa shape index (κ2) is 4.59. The van der Waals surface area contributed by atoms with E-state index in [2.05, 4.69) is 9.97 Å². The lowest BCUT2D eigenvalue weighted by atomic mass is 10.2. The molecule has 0 amide bonds. The number of carboxylic acids is 1. The van der Waals surface area contributed by atoms with E-state index in [-0.39, 0.29) is 5.82 Å². The number of nitrogens with one attached hydrogen (secondary N) is 1. The van der Waals surface area contributed by atoms with Crippen molar-refractivity contribution in [3.8, 4) is 0 Å². The minimum Gasteiger partial charge on any atom is -0.475 e. The maximum Gasteiger partial charge on any atom is 0.418 e. The van der Waals surface area contributed by atoms with Crippen molar-refractivity contribution < 1.29 is 19.4 Å². The summed E-state index contributed by atoms with van der Waals surface area (Å²) in [5.41, 5.74) is 1.13. The van der Waals surface area contributed by atoms with E-state index in [0.717, 1.165) is 0 Å². The molecule has 3 aromatic rings. The van der Waals surface area contributed by atoms with Crippen LogP contribution in [0.15, 0.2) is 24.4 Å². The zero-order chi connectivity index (χ0) is 16.1. The van der Waals surface area contributed by atoms with Crippen molar-refractivity contribution in [3.05, 3.63) is 30.2 Å². The molecule has 2 aromatic heterocycles. The van der Waals surface area contributed by atoms with E-state index in [1.165, 1.54) is 4.57 Å². The molecule has 2 N–H and O–H groups in total. The quantitative estimate of drug-likeness (QED) is 0.720. The summed E-state index contributed by atoms with van der Waals surface area (Å²) in [5.74, 6) is -1.26. The summed E-state index contributed by atoms with van der Waals surface area (Å²) in [6.45, 7) is 5.38. The van der Waals surface area contributed by atoms with Crippen molar-refractivity contribution in [1.82, 2.24) is 14.5 Å². The molecule has 0 saturated carbocycles. The highest BCUT2D eigenvalue weighted by atomic mass is 16.6. The number of H-pyrrole nitrogens is 1. The molecule has 7 heteroatoms. The Balaban J connectivity index is 2.14. The highest BCUT2D eigenvalue weighted by molar-refractivity contribution is 6.06. The first-order valence-corrected chi connectivity index (χ1v) is 6.73. The monoisotopic (exact) mass is 301 g/mol. The number of benzene rings is 1. The van der Waals surface area contributed by atoms with Crippen LogP contribution >= 0.6 is 0 Å². The number of carbonyl (C=O) groups excluding carboxylic acids is 1. The Morgan fingerprint density at radius 2 is 2.00 bits per heavy atom. The fraction of sp³-hybridized carbons (Fsp3) is 0.267. The SMILES string of the molecule is CC(C)(C)OC(=O)n1ccc2c3nc(C(=O)O)[nH]c3ccc21. The van der Waals surface area contributed by atoms with E-state index in [1.54, 1.807) is 45.2 Å². The Morgan fingerprint density at radius 1 is 1.27 bits per heavy atom. The van der Waals surface area contributed by atoms with Crippen molar-refractivity contribution in [1.29, 1.82) is 0 Å². The molecule has 0 atom stereocenters. The third kappa shape index (κ3) is 2.30. The van der Waals surface area contributed by atoms with Crippen LogP contribution in [0.2, 0.25) is 0 Å². The Morgan fingerprint density at radius 3 is 2.64 bits per heavy atom. The Kier molecular flexibility index (Phi) is 2.94. The molecule has 3 rings (SSSR count). The van der Waals surface area contributed by atoms with E-state index in [0.29, 0.717) is 21.9 Å². The van der Waals surface area contributed by atoms with Gasteiger partial charge in [-0.05, 0) is 39.0 Å². The third-order valence-electron chi connectivity index (χ3n) is 3.11. The molecule has 0 aliphatic heterocycles. The lowest BCUT2D eigenvalue weighted by molar-refractivity contribution is 0.0543. The van der Waals surface area contributed by atoms with Crippen molar-refractivity contribution in [2.75, 3.05) is 0 Å². The lowest BCUT2D eigenvalue weighted by Crippen LogP contribution is -2.26. The first kappa shape index (κ1) is 14.1. The molecule has 0 aliphatic carbocycles. The number of fused-ring (bicyclic) bond motifs is 3. The number of carboxylic acid groups (broad SMARTS) is 1. The molecule has 0 radical (unpaired) electrons. The van der Waals surface area contributed by atoms with Crippen LogP contribution in [0, 0.1) is 0 Å². The second-order valence-corrected chi connectivity index (χ2v) is 5.95. The van der Waals surface area contributed by atoms with E-state index in [4.69, 9.17) is 9.84 Å². The number of imidazole rings is 1. The van der Waals surface area contributed by atoms with E-state index < -0.39 is 17.7 Å². The molecule has 7 nitrogen and oxygen atoms in total. The number of hydrogen-bond acceptors (Lipinski definition) is 4. The summed E-state index contributed by atoms with van der Waals surface area (Å²) >= 11 is 0. The number of ether oxygens (including phenoxy) is 1. The molecule has 0 fully saturated rings. The van der Waals surface area contributed by atoms with Gasteiger partial charge in [0, 0.05) is 11.6 Å². The van der Waals surface area contributed by atoms with Gasteiger partial charge in [-0.2, -0.15) is 0 Å². The maximum atomic E-state index is 12.2. The topological polar surface area (TPSA) is 97.2 Å². The number of aromatic nitrogens is 3. The van der Waals surface area contributed by atoms with Crippen molar-refractivity contribution in [2.45, 2.75) is 26.4 Å². The van der Waals surface area contributed by atoms with Gasteiger partial charge in [-0.25, -0.2) is 14.6 Å². The predicted octanol–water partition coefficient (Wildman–Crippen LogP) is 3.00. The van der Waals surface area contributed by atoms with E-state index in [9.17, 15) is 9.59 Å². The van der Waals surface area contributed by atoms with Gasteiger partial charge in [-0.15, -0.1) is 0 Å². The number of carbonyl (C=O) groups is 2. The molecular weight excluding hydrogens is 286 g/mol. The van der Waals surface area contributed by atoms with Gasteiger partial charge in [0.2, 0.25) is 5.82 Å². The smallest absolute Gasteiger partial charge is 0.418 e. The van der Waals surface area contributed by atoms with Gasteiger partial charge >= 0.3 is 12.1 Å². The normalized spacial score (nSPS) is 12.0. The number of aromatic carboxylic acids is 1. The molecule has 0 spiro atoms. The van der Waals surface area contributed by atoms with Crippen LogP contribution in [-0.4, -0.2) is 37.3 Å². The summed E-state index contributed by atoms with van der Waals surface area (Å²) in [5, 5.41) is 9.69. The number of nitrogens with zero attached hydrogens (tertiary/aromatic N) is 2. The van der Waals surface area contributed by atoms with Crippen LogP contribution in [0.3, 0.4) is 0 Å². The zero-order valence-corrected chi connectivity index (χ0v) is 12.4. The summed E-state index contributed by atoms with van der Waals surface area (Å²) in [7, 11) is 0.